The van der Waals surface area contributed by atoms with Crippen molar-refractivity contribution >= 4 is 23.4 Å². The number of hydrogen-bond donors (Lipinski definition) is 2. The van der Waals surface area contributed by atoms with Crippen molar-refractivity contribution in [3.63, 3.8) is 0 Å². The van der Waals surface area contributed by atoms with Crippen molar-refractivity contribution in [1.82, 2.24) is 14.9 Å². The molecule has 0 aliphatic carbocycles. The molecule has 3 aromatic rings. The first kappa shape index (κ1) is 23.3. The number of aromatic nitrogens is 3. The Kier molecular flexibility index (Phi) is 7.82. The lowest BCUT2D eigenvalue weighted by Crippen LogP contribution is -2.18. The van der Waals surface area contributed by atoms with Gasteiger partial charge in [0.2, 0.25) is 11.1 Å². The first-order valence-electron chi connectivity index (χ1n) is 9.98. The van der Waals surface area contributed by atoms with E-state index in [2.05, 4.69) is 29.4 Å². The van der Waals surface area contributed by atoms with E-state index in [0.717, 1.165) is 5.75 Å². The Morgan fingerprint density at radius 3 is 2.47 bits per heavy atom. The molecule has 3 N–H and O–H groups in total. The fourth-order valence-electron chi connectivity index (χ4n) is 2.82. The van der Waals surface area contributed by atoms with Crippen molar-refractivity contribution in [2.24, 2.45) is 0 Å². The second-order valence-corrected chi connectivity index (χ2v) is 8.13. The Balaban J connectivity index is 1.53. The molecule has 3 rings (SSSR count). The summed E-state index contributed by atoms with van der Waals surface area (Å²) in [7, 11) is 3.09. The molecular weight excluding hydrogens is 430 g/mol. The molecule has 0 atom stereocenters. The number of benzene rings is 2. The van der Waals surface area contributed by atoms with Gasteiger partial charge in [0.15, 0.2) is 5.82 Å². The van der Waals surface area contributed by atoms with E-state index < -0.39 is 0 Å². The highest BCUT2D eigenvalue weighted by Crippen LogP contribution is 2.29. The van der Waals surface area contributed by atoms with Crippen molar-refractivity contribution in [2.45, 2.75) is 31.5 Å². The Morgan fingerprint density at radius 2 is 1.81 bits per heavy atom. The number of methoxy groups -OCH3 is 2. The largest absolute Gasteiger partial charge is 0.497 e. The van der Waals surface area contributed by atoms with Crippen molar-refractivity contribution in [2.75, 3.05) is 31.1 Å². The molecule has 2 aromatic carbocycles. The zero-order valence-electron chi connectivity index (χ0n) is 18.5. The quantitative estimate of drug-likeness (QED) is 0.352. The van der Waals surface area contributed by atoms with Gasteiger partial charge in [0.25, 0.3) is 0 Å². The second kappa shape index (κ2) is 10.8. The molecule has 32 heavy (non-hydrogen) atoms. The van der Waals surface area contributed by atoms with Crippen LogP contribution in [0.5, 0.6) is 17.2 Å². The van der Waals surface area contributed by atoms with Crippen LogP contribution in [-0.2, 0) is 11.4 Å². The van der Waals surface area contributed by atoms with E-state index in [1.54, 1.807) is 25.3 Å². The maximum Gasteiger partial charge on any atom is 0.234 e. The third kappa shape index (κ3) is 5.85. The van der Waals surface area contributed by atoms with Crippen molar-refractivity contribution in [3.8, 4) is 17.2 Å². The molecule has 0 fully saturated rings. The predicted molar refractivity (Wildman–Crippen MR) is 124 cm³/mol. The Labute approximate surface area is 191 Å². The van der Waals surface area contributed by atoms with Gasteiger partial charge in [-0.3, -0.25) is 4.79 Å². The smallest absolute Gasteiger partial charge is 0.234 e. The summed E-state index contributed by atoms with van der Waals surface area (Å²) >= 11 is 1.17. The molecule has 0 radical (unpaired) electrons. The molecule has 0 unspecified atom stereocenters. The zero-order chi connectivity index (χ0) is 23.1. The minimum atomic E-state index is -0.232. The number of hydrogen-bond acceptors (Lipinski definition) is 8. The van der Waals surface area contributed by atoms with Gasteiger partial charge < -0.3 is 25.4 Å². The molecule has 0 saturated carbocycles. The molecule has 1 aromatic heterocycles. The summed E-state index contributed by atoms with van der Waals surface area (Å²) in [5.41, 5.74) is 1.79. The third-order valence-corrected chi connectivity index (χ3v) is 5.61. The lowest BCUT2D eigenvalue weighted by Gasteiger charge is -2.11. The molecular formula is C22H27N5O4S. The lowest BCUT2D eigenvalue weighted by molar-refractivity contribution is -0.113. The number of carbonyl (C=O) groups is 1. The fraction of sp³-hybridized carbons (Fsp3) is 0.318. The number of nitrogen functional groups attached to an aromatic ring is 1. The number of anilines is 1. The number of amides is 1. The van der Waals surface area contributed by atoms with Gasteiger partial charge in [-0.25, -0.2) is 4.68 Å². The Bertz CT molecular complexity index is 1050. The van der Waals surface area contributed by atoms with Crippen LogP contribution in [-0.4, -0.2) is 40.8 Å². The minimum absolute atomic E-state index is 0.0992. The van der Waals surface area contributed by atoms with Gasteiger partial charge in [-0.1, -0.05) is 37.7 Å². The summed E-state index contributed by atoms with van der Waals surface area (Å²) in [4.78, 5) is 12.4. The third-order valence-electron chi connectivity index (χ3n) is 4.66. The van der Waals surface area contributed by atoms with Gasteiger partial charge >= 0.3 is 0 Å². The number of nitrogens with one attached hydrogen (secondary N) is 1. The van der Waals surface area contributed by atoms with Crippen LogP contribution in [0.4, 0.5) is 5.69 Å². The zero-order valence-corrected chi connectivity index (χ0v) is 19.3. The van der Waals surface area contributed by atoms with E-state index in [0.29, 0.717) is 34.1 Å². The highest BCUT2D eigenvalue weighted by Gasteiger charge is 2.14. The molecule has 170 valence electrons. The van der Waals surface area contributed by atoms with E-state index >= 15 is 0 Å². The van der Waals surface area contributed by atoms with Crippen molar-refractivity contribution < 1.29 is 19.0 Å². The van der Waals surface area contributed by atoms with E-state index in [1.807, 2.05) is 24.3 Å². The van der Waals surface area contributed by atoms with Gasteiger partial charge in [0.05, 0.1) is 25.7 Å². The summed E-state index contributed by atoms with van der Waals surface area (Å²) in [5.74, 6) is 8.72. The highest BCUT2D eigenvalue weighted by molar-refractivity contribution is 7.99. The number of carbonyl (C=O) groups excluding carboxylic acids is 1. The van der Waals surface area contributed by atoms with Crippen LogP contribution in [0.15, 0.2) is 47.6 Å². The van der Waals surface area contributed by atoms with E-state index in [4.69, 9.17) is 20.1 Å². The molecule has 0 aliphatic heterocycles. The van der Waals surface area contributed by atoms with Crippen molar-refractivity contribution in [3.05, 3.63) is 53.9 Å². The summed E-state index contributed by atoms with van der Waals surface area (Å²) < 4.78 is 17.5. The highest BCUT2D eigenvalue weighted by atomic mass is 32.2. The predicted octanol–water partition coefficient (Wildman–Crippen LogP) is 3.44. The van der Waals surface area contributed by atoms with Crippen LogP contribution < -0.4 is 25.4 Å². The first-order valence-corrected chi connectivity index (χ1v) is 11.0. The SMILES string of the molecule is COc1ccc(NC(=O)CSc2nnc(COc3ccc(C(C)C)cc3)n2N)c(OC)c1. The molecule has 0 bridgehead atoms. The van der Waals surface area contributed by atoms with Crippen LogP contribution in [0.1, 0.15) is 31.2 Å². The Hall–Kier alpha value is -3.40. The van der Waals surface area contributed by atoms with Gasteiger partial charge in [-0.05, 0) is 35.7 Å². The number of ether oxygens (including phenoxy) is 3. The first-order chi connectivity index (χ1) is 15.4. The van der Waals surface area contributed by atoms with Crippen LogP contribution in [0.25, 0.3) is 0 Å². The van der Waals surface area contributed by atoms with Crippen molar-refractivity contribution in [1.29, 1.82) is 0 Å². The van der Waals surface area contributed by atoms with E-state index in [1.165, 1.54) is 29.1 Å². The van der Waals surface area contributed by atoms with Crippen LogP contribution in [0.2, 0.25) is 0 Å². The van der Waals surface area contributed by atoms with E-state index in [-0.39, 0.29) is 18.3 Å². The molecule has 1 amide bonds. The number of nitrogens with zero attached hydrogens (tertiary/aromatic N) is 3. The van der Waals surface area contributed by atoms with Gasteiger partial charge in [-0.15, -0.1) is 10.2 Å². The standard InChI is InChI=1S/C22H27N5O4S/c1-14(2)15-5-7-16(8-6-15)31-12-20-25-26-22(27(20)23)32-13-21(28)24-18-10-9-17(29-3)11-19(18)30-4/h5-11,14H,12-13,23H2,1-4H3,(H,24,28). The molecule has 9 nitrogen and oxygen atoms in total. The van der Waals surface area contributed by atoms with Crippen LogP contribution in [0, 0.1) is 0 Å². The average molecular weight is 458 g/mol. The molecule has 0 spiro atoms. The summed E-state index contributed by atoms with van der Waals surface area (Å²) in [6.07, 6.45) is 0. The average Bonchev–Trinajstić information content (AvgIpc) is 3.16. The van der Waals surface area contributed by atoms with Gasteiger partial charge in [0.1, 0.15) is 23.9 Å². The minimum Gasteiger partial charge on any atom is -0.497 e. The normalized spacial score (nSPS) is 10.8. The monoisotopic (exact) mass is 457 g/mol. The molecule has 1 heterocycles. The summed E-state index contributed by atoms with van der Waals surface area (Å²) in [6, 6.07) is 13.1. The second-order valence-electron chi connectivity index (χ2n) is 7.18. The van der Waals surface area contributed by atoms with Crippen LogP contribution >= 0.6 is 11.8 Å². The number of thioether (sulfide) groups is 1. The van der Waals surface area contributed by atoms with Gasteiger partial charge in [-0.2, -0.15) is 0 Å². The molecule has 10 heteroatoms. The maximum absolute atomic E-state index is 12.4. The number of rotatable bonds is 10. The van der Waals surface area contributed by atoms with E-state index in [9.17, 15) is 4.79 Å². The lowest BCUT2D eigenvalue weighted by atomic mass is 10.0. The summed E-state index contributed by atoms with van der Waals surface area (Å²) in [6.45, 7) is 4.44. The summed E-state index contributed by atoms with van der Waals surface area (Å²) in [5, 5.41) is 11.3. The molecule has 0 saturated heterocycles. The Morgan fingerprint density at radius 1 is 1.09 bits per heavy atom. The fourth-order valence-corrected chi connectivity index (χ4v) is 3.49. The van der Waals surface area contributed by atoms with Gasteiger partial charge in [0, 0.05) is 6.07 Å². The van der Waals surface area contributed by atoms with Crippen LogP contribution in [0.3, 0.4) is 0 Å². The number of nitrogens with two attached hydrogens (primary N) is 1. The topological polar surface area (TPSA) is 114 Å². The maximum atomic E-state index is 12.4. The molecule has 0 aliphatic rings.